The maximum Gasteiger partial charge on any atom is 0.269 e. The van der Waals surface area contributed by atoms with Crippen LogP contribution in [0.15, 0.2) is 30.7 Å². The molecule has 182 valence electrons. The first-order chi connectivity index (χ1) is 15.8. The fourth-order valence-electron chi connectivity index (χ4n) is 3.83. The van der Waals surface area contributed by atoms with Crippen LogP contribution in [0.2, 0.25) is 0 Å². The number of carbonyl (C=O) groups is 1. The van der Waals surface area contributed by atoms with Crippen molar-refractivity contribution in [2.45, 2.75) is 31.1 Å². The molecule has 1 fully saturated rings. The van der Waals surface area contributed by atoms with E-state index in [0.29, 0.717) is 49.9 Å². The molecule has 1 aliphatic heterocycles. The Morgan fingerprint density at radius 1 is 1.39 bits per heavy atom. The number of rotatable bonds is 11. The maximum atomic E-state index is 12.1. The van der Waals surface area contributed by atoms with Crippen molar-refractivity contribution in [2.24, 2.45) is 0 Å². The number of piperidine rings is 1. The van der Waals surface area contributed by atoms with E-state index in [0.717, 1.165) is 18.5 Å². The highest BCUT2D eigenvalue weighted by Gasteiger charge is 2.40. The molecule has 10 nitrogen and oxygen atoms in total. The third-order valence-corrected chi connectivity index (χ3v) is 5.85. The third-order valence-electron chi connectivity index (χ3n) is 5.85. The standard InChI is InChI=1S/C23H35N5O5/c1-27(2)8-4-10-33-19-6-5-17(11-20(19)32-3)13-28-9-7-23(31,21(29)14-28)15-25-22(30)18-12-24-16-26-18/h5-6,11-12,16,21,29,31H,4,7-10,13-15H2,1-3H3,(H,24,26)(H,25,30)/t21-,23-/m1/s1. The summed E-state index contributed by atoms with van der Waals surface area (Å²) in [6, 6.07) is 5.84. The number of aliphatic hydroxyl groups is 2. The first kappa shape index (κ1) is 25.0. The SMILES string of the molecule is COc1cc(CN2CC[C@@](O)(CNC(=O)c3cnc[nH]3)[C@H](O)C2)ccc1OCCCN(C)C. The third kappa shape index (κ3) is 6.91. The zero-order valence-electron chi connectivity index (χ0n) is 19.6. The predicted octanol–water partition coefficient (Wildman–Crippen LogP) is 0.477. The second kappa shape index (κ2) is 11.5. The molecule has 0 radical (unpaired) electrons. The van der Waals surface area contributed by atoms with Gasteiger partial charge in [-0.1, -0.05) is 6.07 Å². The number of methoxy groups -OCH3 is 1. The average Bonchev–Trinajstić information content (AvgIpc) is 3.33. The highest BCUT2D eigenvalue weighted by atomic mass is 16.5. The molecule has 0 saturated carbocycles. The number of aromatic amines is 1. The van der Waals surface area contributed by atoms with Crippen LogP contribution in [0, 0.1) is 0 Å². The molecule has 2 atom stereocenters. The Labute approximate surface area is 194 Å². The van der Waals surface area contributed by atoms with Gasteiger partial charge in [0.25, 0.3) is 5.91 Å². The number of ether oxygens (including phenoxy) is 2. The van der Waals surface area contributed by atoms with E-state index in [1.54, 1.807) is 7.11 Å². The molecule has 0 bridgehead atoms. The van der Waals surface area contributed by atoms with E-state index in [9.17, 15) is 15.0 Å². The molecule has 2 heterocycles. The molecule has 1 aromatic carbocycles. The van der Waals surface area contributed by atoms with Gasteiger partial charge in [0.15, 0.2) is 11.5 Å². The average molecular weight is 462 g/mol. The molecule has 1 amide bonds. The van der Waals surface area contributed by atoms with Crippen molar-refractivity contribution in [3.63, 3.8) is 0 Å². The molecule has 1 saturated heterocycles. The van der Waals surface area contributed by atoms with Crippen molar-refractivity contribution in [2.75, 3.05) is 54.0 Å². The van der Waals surface area contributed by atoms with Gasteiger partial charge in [-0.25, -0.2) is 4.98 Å². The molecule has 1 aliphatic rings. The van der Waals surface area contributed by atoms with Gasteiger partial charge < -0.3 is 34.9 Å². The Kier molecular flexibility index (Phi) is 8.67. The van der Waals surface area contributed by atoms with Crippen molar-refractivity contribution in [3.8, 4) is 11.5 Å². The lowest BCUT2D eigenvalue weighted by atomic mass is 9.88. The number of nitrogens with one attached hydrogen (secondary N) is 2. The molecule has 0 aliphatic carbocycles. The molecule has 10 heteroatoms. The number of H-pyrrole nitrogens is 1. The topological polar surface area (TPSA) is 123 Å². The molecular formula is C23H35N5O5. The summed E-state index contributed by atoms with van der Waals surface area (Å²) in [4.78, 5) is 22.8. The van der Waals surface area contributed by atoms with Crippen LogP contribution in [-0.4, -0.2) is 102 Å². The smallest absolute Gasteiger partial charge is 0.269 e. The van der Waals surface area contributed by atoms with Gasteiger partial charge in [-0.05, 0) is 44.6 Å². The van der Waals surface area contributed by atoms with Crippen LogP contribution >= 0.6 is 0 Å². The van der Waals surface area contributed by atoms with Crippen LogP contribution in [0.3, 0.4) is 0 Å². The minimum atomic E-state index is -1.38. The second-order valence-electron chi connectivity index (χ2n) is 8.74. The first-order valence-electron chi connectivity index (χ1n) is 11.1. The predicted molar refractivity (Wildman–Crippen MR) is 123 cm³/mol. The number of hydrogen-bond donors (Lipinski definition) is 4. The van der Waals surface area contributed by atoms with Gasteiger partial charge in [0.05, 0.1) is 32.3 Å². The number of nitrogens with zero attached hydrogens (tertiary/aromatic N) is 3. The fraction of sp³-hybridized carbons (Fsp3) is 0.565. The van der Waals surface area contributed by atoms with Crippen LogP contribution < -0.4 is 14.8 Å². The Morgan fingerprint density at radius 3 is 2.88 bits per heavy atom. The van der Waals surface area contributed by atoms with Gasteiger partial charge in [-0.15, -0.1) is 0 Å². The molecule has 0 spiro atoms. The summed E-state index contributed by atoms with van der Waals surface area (Å²) in [5.74, 6) is 1.01. The van der Waals surface area contributed by atoms with E-state index in [1.165, 1.54) is 12.5 Å². The summed E-state index contributed by atoms with van der Waals surface area (Å²) in [6.07, 6.45) is 3.09. The van der Waals surface area contributed by atoms with Crippen molar-refractivity contribution in [1.82, 2.24) is 25.1 Å². The minimum Gasteiger partial charge on any atom is -0.493 e. The minimum absolute atomic E-state index is 0.0342. The molecule has 1 aromatic heterocycles. The molecule has 2 aromatic rings. The van der Waals surface area contributed by atoms with Gasteiger partial charge in [0.1, 0.15) is 11.3 Å². The van der Waals surface area contributed by atoms with E-state index >= 15 is 0 Å². The largest absolute Gasteiger partial charge is 0.493 e. The zero-order chi connectivity index (χ0) is 23.8. The van der Waals surface area contributed by atoms with Gasteiger partial charge in [-0.2, -0.15) is 0 Å². The maximum absolute atomic E-state index is 12.1. The Hall–Kier alpha value is -2.66. The second-order valence-corrected chi connectivity index (χ2v) is 8.74. The van der Waals surface area contributed by atoms with Crippen LogP contribution in [0.5, 0.6) is 11.5 Å². The monoisotopic (exact) mass is 461 g/mol. The van der Waals surface area contributed by atoms with Crippen LogP contribution in [0.1, 0.15) is 28.9 Å². The number of likely N-dealkylation sites (tertiary alicyclic amines) is 1. The van der Waals surface area contributed by atoms with Crippen molar-refractivity contribution in [3.05, 3.63) is 42.0 Å². The van der Waals surface area contributed by atoms with Crippen molar-refractivity contribution < 1.29 is 24.5 Å². The summed E-state index contributed by atoms with van der Waals surface area (Å²) >= 11 is 0. The number of amides is 1. The van der Waals surface area contributed by atoms with E-state index in [2.05, 4.69) is 25.1 Å². The van der Waals surface area contributed by atoms with Gasteiger partial charge in [0.2, 0.25) is 0 Å². The van der Waals surface area contributed by atoms with Crippen LogP contribution in [0.4, 0.5) is 0 Å². The summed E-state index contributed by atoms with van der Waals surface area (Å²) in [6.45, 7) is 3.01. The normalized spacial score (nSPS) is 21.2. The van der Waals surface area contributed by atoms with E-state index in [4.69, 9.17) is 9.47 Å². The van der Waals surface area contributed by atoms with Crippen molar-refractivity contribution >= 4 is 5.91 Å². The Bertz CT molecular complexity index is 891. The number of benzene rings is 1. The van der Waals surface area contributed by atoms with Crippen molar-refractivity contribution in [1.29, 1.82) is 0 Å². The van der Waals surface area contributed by atoms with Gasteiger partial charge >= 0.3 is 0 Å². The first-order valence-corrected chi connectivity index (χ1v) is 11.1. The lowest BCUT2D eigenvalue weighted by molar-refractivity contribution is -0.116. The quantitative estimate of drug-likeness (QED) is 0.356. The Balaban J connectivity index is 1.51. The molecule has 33 heavy (non-hydrogen) atoms. The number of aromatic nitrogens is 2. The highest BCUT2D eigenvalue weighted by molar-refractivity contribution is 5.91. The van der Waals surface area contributed by atoms with Gasteiger partial charge in [0, 0.05) is 32.7 Å². The summed E-state index contributed by atoms with van der Waals surface area (Å²) < 4.78 is 11.4. The number of aliphatic hydroxyl groups excluding tert-OH is 1. The Morgan fingerprint density at radius 2 is 2.21 bits per heavy atom. The van der Waals surface area contributed by atoms with Crippen LogP contribution in [0.25, 0.3) is 0 Å². The molecule has 4 N–H and O–H groups in total. The molecule has 0 unspecified atom stereocenters. The van der Waals surface area contributed by atoms with Crippen LogP contribution in [-0.2, 0) is 6.54 Å². The number of hydrogen-bond acceptors (Lipinski definition) is 8. The van der Waals surface area contributed by atoms with Gasteiger partial charge in [-0.3, -0.25) is 9.69 Å². The van der Waals surface area contributed by atoms with E-state index in [1.807, 2.05) is 32.3 Å². The lowest BCUT2D eigenvalue weighted by Gasteiger charge is -2.42. The number of imidazole rings is 1. The number of carbonyl (C=O) groups excluding carboxylic acids is 1. The highest BCUT2D eigenvalue weighted by Crippen LogP contribution is 2.30. The zero-order valence-corrected chi connectivity index (χ0v) is 19.6. The number of β-amino-alcohol motifs (C(OH)–C–C–N with tert-alkyl or cyclic N) is 1. The fourth-order valence-corrected chi connectivity index (χ4v) is 3.83. The molecule has 3 rings (SSSR count). The van der Waals surface area contributed by atoms with E-state index in [-0.39, 0.29) is 12.5 Å². The van der Waals surface area contributed by atoms with E-state index < -0.39 is 11.7 Å². The molecular weight excluding hydrogens is 426 g/mol. The summed E-state index contributed by atoms with van der Waals surface area (Å²) in [5, 5.41) is 24.1. The summed E-state index contributed by atoms with van der Waals surface area (Å²) in [7, 11) is 5.68. The lowest BCUT2D eigenvalue weighted by Crippen LogP contribution is -2.60. The summed E-state index contributed by atoms with van der Waals surface area (Å²) in [5.41, 5.74) is -0.0454.